The van der Waals surface area contributed by atoms with Gasteiger partial charge in [-0.1, -0.05) is 207 Å². The standard InChI is InChI=1S/C54H102NO14P/c1-5-9-13-17-21-23-27-29-33-37-44(66-48(57)39-35-31-25-19-15-11-7-3)41-47(56)55-51-53(52(60)46(68-54(51)61)43-65-70(62,63)64)69-50(59)42-45(38-34-30-28-24-22-18-14-10-6-2)67-49(58)40-36-32-26-20-16-12-8-4/h44-46,51-54,60-61H,5-43H2,1-4H3,(H,55,56)(H2,62,63,64)/t44-,45-,46-,51+,52-,53-,54+/m1/s1. The lowest BCUT2D eigenvalue weighted by molar-refractivity contribution is -0.258. The summed E-state index contributed by atoms with van der Waals surface area (Å²) in [5, 5.41) is 25.4. The molecule has 1 aliphatic heterocycles. The number of aliphatic hydroxyl groups excluding tert-OH is 2. The first-order chi connectivity index (χ1) is 33.7. The molecule has 1 fully saturated rings. The van der Waals surface area contributed by atoms with Crippen molar-refractivity contribution in [3.8, 4) is 0 Å². The fourth-order valence-corrected chi connectivity index (χ4v) is 9.43. The molecule has 5 N–H and O–H groups in total. The molecule has 0 aromatic carbocycles. The summed E-state index contributed by atoms with van der Waals surface area (Å²) >= 11 is 0. The number of carbonyl (C=O) groups excluding carboxylic acids is 4. The lowest BCUT2D eigenvalue weighted by Crippen LogP contribution is -2.65. The molecule has 15 nitrogen and oxygen atoms in total. The van der Waals surface area contributed by atoms with Crippen molar-refractivity contribution in [1.82, 2.24) is 5.32 Å². The van der Waals surface area contributed by atoms with Gasteiger partial charge in [-0.25, -0.2) is 4.57 Å². The first-order valence-electron chi connectivity index (χ1n) is 28.3. The van der Waals surface area contributed by atoms with Crippen molar-refractivity contribution in [1.29, 1.82) is 0 Å². The first-order valence-corrected chi connectivity index (χ1v) is 29.9. The van der Waals surface area contributed by atoms with Gasteiger partial charge in [-0.2, -0.15) is 0 Å². The Morgan fingerprint density at radius 1 is 0.514 bits per heavy atom. The van der Waals surface area contributed by atoms with Gasteiger partial charge in [0.05, 0.1) is 19.4 Å². The van der Waals surface area contributed by atoms with Crippen molar-refractivity contribution in [2.75, 3.05) is 6.61 Å². The minimum Gasteiger partial charge on any atom is -0.462 e. The average Bonchev–Trinajstić information content (AvgIpc) is 3.31. The van der Waals surface area contributed by atoms with Crippen LogP contribution < -0.4 is 5.32 Å². The van der Waals surface area contributed by atoms with Gasteiger partial charge in [0.15, 0.2) is 12.4 Å². The summed E-state index contributed by atoms with van der Waals surface area (Å²) in [4.78, 5) is 72.6. The van der Waals surface area contributed by atoms with Crippen LogP contribution in [-0.4, -0.2) is 93.3 Å². The SMILES string of the molecule is CCCCCCCCCCC[C@H](CC(=O)N[C@H]1[C@@H](OC(=O)C[C@@H](CCCCCCCCCCC)OC(=O)CCCCCCCCC)[C@H](O)[C@@H](COP(=O)(O)O)O[C@@H]1O)OC(=O)CCCCCCCCC. The zero-order chi connectivity index (χ0) is 51.7. The van der Waals surface area contributed by atoms with E-state index < -0.39 is 81.1 Å². The number of ether oxygens (including phenoxy) is 4. The molecule has 0 radical (unpaired) electrons. The Hall–Kier alpha value is -2.13. The molecule has 1 rings (SSSR count). The largest absolute Gasteiger partial charge is 0.469 e. The van der Waals surface area contributed by atoms with Crippen LogP contribution in [0, 0.1) is 0 Å². The molecule has 0 aliphatic carbocycles. The number of aliphatic hydroxyl groups is 2. The van der Waals surface area contributed by atoms with E-state index in [2.05, 4.69) is 37.5 Å². The van der Waals surface area contributed by atoms with E-state index >= 15 is 0 Å². The highest BCUT2D eigenvalue weighted by Crippen LogP contribution is 2.37. The maximum absolute atomic E-state index is 13.8. The predicted molar refractivity (Wildman–Crippen MR) is 275 cm³/mol. The van der Waals surface area contributed by atoms with Crippen LogP contribution in [0.25, 0.3) is 0 Å². The summed E-state index contributed by atoms with van der Waals surface area (Å²) in [6, 6.07) is -1.54. The lowest BCUT2D eigenvalue weighted by atomic mass is 9.96. The summed E-state index contributed by atoms with van der Waals surface area (Å²) in [7, 11) is -5.04. The first kappa shape index (κ1) is 65.9. The van der Waals surface area contributed by atoms with Crippen molar-refractivity contribution in [3.05, 3.63) is 0 Å². The van der Waals surface area contributed by atoms with E-state index in [4.69, 9.17) is 18.9 Å². The second-order valence-corrected chi connectivity index (χ2v) is 21.2. The molecule has 0 bridgehead atoms. The number of hydrogen-bond donors (Lipinski definition) is 5. The quantitative estimate of drug-likeness (QED) is 0.0166. The van der Waals surface area contributed by atoms with Gasteiger partial charge in [-0.15, -0.1) is 0 Å². The van der Waals surface area contributed by atoms with Gasteiger partial charge in [-0.05, 0) is 38.5 Å². The van der Waals surface area contributed by atoms with Crippen LogP contribution in [0.1, 0.15) is 272 Å². The van der Waals surface area contributed by atoms with Gasteiger partial charge < -0.3 is 44.3 Å². The van der Waals surface area contributed by atoms with E-state index in [-0.39, 0.29) is 25.7 Å². The van der Waals surface area contributed by atoms with Crippen molar-refractivity contribution >= 4 is 31.6 Å². The molecule has 0 saturated carbocycles. The van der Waals surface area contributed by atoms with Crippen LogP contribution in [0.4, 0.5) is 0 Å². The number of esters is 3. The maximum atomic E-state index is 13.8. The molecule has 1 saturated heterocycles. The number of amides is 1. The Morgan fingerprint density at radius 2 is 0.871 bits per heavy atom. The molecule has 16 heteroatoms. The van der Waals surface area contributed by atoms with E-state index in [1.807, 2.05) is 0 Å². The zero-order valence-electron chi connectivity index (χ0n) is 44.4. The summed E-state index contributed by atoms with van der Waals surface area (Å²) in [5.74, 6) is -2.33. The summed E-state index contributed by atoms with van der Waals surface area (Å²) < 4.78 is 39.3. The molecule has 7 atom stereocenters. The van der Waals surface area contributed by atoms with Gasteiger partial charge in [0, 0.05) is 12.8 Å². The molecule has 0 aromatic rings. The Balaban J connectivity index is 3.16. The molecule has 1 heterocycles. The fraction of sp³-hybridized carbons (Fsp3) is 0.926. The number of carbonyl (C=O) groups is 4. The third-order valence-corrected chi connectivity index (χ3v) is 13.8. The highest BCUT2D eigenvalue weighted by atomic mass is 31.2. The zero-order valence-corrected chi connectivity index (χ0v) is 45.3. The lowest BCUT2D eigenvalue weighted by Gasteiger charge is -2.42. The van der Waals surface area contributed by atoms with Gasteiger partial charge in [0.2, 0.25) is 5.91 Å². The van der Waals surface area contributed by atoms with Gasteiger partial charge in [-0.3, -0.25) is 23.7 Å². The Labute approximate surface area is 424 Å². The van der Waals surface area contributed by atoms with Crippen LogP contribution in [0.3, 0.4) is 0 Å². The summed E-state index contributed by atoms with van der Waals surface area (Å²) in [6.07, 6.45) is 26.1. The third kappa shape index (κ3) is 35.9. The molecule has 412 valence electrons. The number of phosphoric ester groups is 1. The van der Waals surface area contributed by atoms with Crippen molar-refractivity contribution in [2.24, 2.45) is 0 Å². The number of phosphoric acid groups is 1. The molecule has 0 unspecified atom stereocenters. The van der Waals surface area contributed by atoms with Gasteiger partial charge >= 0.3 is 25.7 Å². The Kier molecular flexibility index (Phi) is 40.7. The van der Waals surface area contributed by atoms with Crippen LogP contribution in [0.15, 0.2) is 0 Å². The second-order valence-electron chi connectivity index (χ2n) is 20.0. The number of unbranched alkanes of at least 4 members (excludes halogenated alkanes) is 28. The molecule has 0 spiro atoms. The van der Waals surface area contributed by atoms with Crippen LogP contribution >= 0.6 is 7.82 Å². The topological polar surface area (TPSA) is 224 Å². The second kappa shape index (κ2) is 43.3. The van der Waals surface area contributed by atoms with E-state index in [0.717, 1.165) is 103 Å². The molecule has 1 aliphatic rings. The molecule has 0 aromatic heterocycles. The molecule has 1 amide bonds. The van der Waals surface area contributed by atoms with Crippen LogP contribution in [-0.2, 0) is 47.2 Å². The number of nitrogens with one attached hydrogen (secondary N) is 1. The van der Waals surface area contributed by atoms with Crippen molar-refractivity contribution in [3.63, 3.8) is 0 Å². The van der Waals surface area contributed by atoms with Crippen LogP contribution in [0.2, 0.25) is 0 Å². The van der Waals surface area contributed by atoms with Gasteiger partial charge in [0.1, 0.15) is 30.5 Å². The minimum absolute atomic E-state index is 0.214. The van der Waals surface area contributed by atoms with E-state index in [1.165, 1.54) is 83.5 Å². The minimum atomic E-state index is -5.04. The van der Waals surface area contributed by atoms with E-state index in [1.54, 1.807) is 0 Å². The fourth-order valence-electron chi connectivity index (χ4n) is 9.09. The average molecular weight is 1020 g/mol. The summed E-state index contributed by atoms with van der Waals surface area (Å²) in [6.45, 7) is 7.85. The maximum Gasteiger partial charge on any atom is 0.469 e. The highest BCUT2D eigenvalue weighted by Gasteiger charge is 2.48. The summed E-state index contributed by atoms with van der Waals surface area (Å²) in [5.41, 5.74) is 0. The normalized spacial score (nSPS) is 19.1. The van der Waals surface area contributed by atoms with Crippen LogP contribution in [0.5, 0.6) is 0 Å². The third-order valence-electron chi connectivity index (χ3n) is 13.3. The molecular weight excluding hydrogens is 918 g/mol. The predicted octanol–water partition coefficient (Wildman–Crippen LogP) is 12.3. The van der Waals surface area contributed by atoms with E-state index in [0.29, 0.717) is 32.1 Å². The van der Waals surface area contributed by atoms with Gasteiger partial charge in [0.25, 0.3) is 0 Å². The Bertz CT molecular complexity index is 1370. The smallest absolute Gasteiger partial charge is 0.462 e. The number of hydrogen-bond acceptors (Lipinski definition) is 12. The molecule has 70 heavy (non-hydrogen) atoms. The van der Waals surface area contributed by atoms with Crippen molar-refractivity contribution in [2.45, 2.75) is 315 Å². The van der Waals surface area contributed by atoms with Crippen molar-refractivity contribution < 1.29 is 67.2 Å². The highest BCUT2D eigenvalue weighted by molar-refractivity contribution is 7.46. The Morgan fingerprint density at radius 3 is 1.26 bits per heavy atom. The monoisotopic (exact) mass is 1020 g/mol. The number of rotatable bonds is 47. The van der Waals surface area contributed by atoms with E-state index in [9.17, 15) is 43.7 Å². The molecular formula is C54H102NO14P.